The maximum Gasteiger partial charge on any atom is 0.322 e. The quantitative estimate of drug-likeness (QED) is 0.450. The molecule has 0 spiro atoms. The summed E-state index contributed by atoms with van der Waals surface area (Å²) in [4.78, 5) is 38.4. The van der Waals surface area contributed by atoms with E-state index in [-0.39, 0.29) is 11.3 Å². The predicted octanol–water partition coefficient (Wildman–Crippen LogP) is 0.224. The van der Waals surface area contributed by atoms with Crippen LogP contribution < -0.4 is 5.11 Å². The van der Waals surface area contributed by atoms with E-state index >= 15 is 0 Å². The molecule has 1 unspecified atom stereocenters. The minimum Gasteiger partial charge on any atom is -0.545 e. The zero-order valence-corrected chi connectivity index (χ0v) is 11.5. The van der Waals surface area contributed by atoms with Gasteiger partial charge < -0.3 is 14.6 Å². The van der Waals surface area contributed by atoms with Gasteiger partial charge in [-0.05, 0) is 24.1 Å². The van der Waals surface area contributed by atoms with Crippen molar-refractivity contribution in [3.8, 4) is 0 Å². The van der Waals surface area contributed by atoms with Gasteiger partial charge in [0.2, 0.25) is 5.78 Å². The summed E-state index contributed by atoms with van der Waals surface area (Å²) in [5, 5.41) is 10.6. The minimum atomic E-state index is -1.27. The number of methoxy groups -OCH3 is 1. The van der Waals surface area contributed by atoms with Gasteiger partial charge in [0.1, 0.15) is 5.70 Å². The van der Waals surface area contributed by atoms with Crippen LogP contribution in [0.5, 0.6) is 0 Å². The SMILES string of the molecule is COC(=O)C1C(=O)/C(=C\c2ccc(C(=O)[O-])cc2)N=C1C. The van der Waals surface area contributed by atoms with Crippen molar-refractivity contribution in [2.75, 3.05) is 7.11 Å². The Labute approximate surface area is 120 Å². The topological polar surface area (TPSA) is 95.9 Å². The number of hydrogen-bond donors (Lipinski definition) is 0. The number of Topliss-reactive ketones (excluding diaryl/α,β-unsaturated/α-hetero) is 1. The highest BCUT2D eigenvalue weighted by molar-refractivity contribution is 6.28. The number of hydrogen-bond acceptors (Lipinski definition) is 6. The van der Waals surface area contributed by atoms with Crippen molar-refractivity contribution in [2.45, 2.75) is 6.92 Å². The number of allylic oxidation sites excluding steroid dienone is 1. The van der Waals surface area contributed by atoms with Crippen LogP contribution >= 0.6 is 0 Å². The van der Waals surface area contributed by atoms with E-state index in [0.717, 1.165) is 0 Å². The van der Waals surface area contributed by atoms with E-state index in [1.54, 1.807) is 6.92 Å². The van der Waals surface area contributed by atoms with E-state index < -0.39 is 23.6 Å². The maximum absolute atomic E-state index is 12.1. The molecule has 1 heterocycles. The van der Waals surface area contributed by atoms with Gasteiger partial charge >= 0.3 is 5.97 Å². The number of aromatic carboxylic acids is 1. The van der Waals surface area contributed by atoms with Gasteiger partial charge in [0.05, 0.1) is 13.1 Å². The zero-order chi connectivity index (χ0) is 15.6. The van der Waals surface area contributed by atoms with Gasteiger partial charge in [0.15, 0.2) is 5.92 Å². The fourth-order valence-electron chi connectivity index (χ4n) is 2.02. The maximum atomic E-state index is 12.1. The van der Waals surface area contributed by atoms with Gasteiger partial charge in [-0.3, -0.25) is 14.6 Å². The van der Waals surface area contributed by atoms with Gasteiger partial charge in [-0.1, -0.05) is 24.3 Å². The van der Waals surface area contributed by atoms with Crippen LogP contribution in [0.25, 0.3) is 6.08 Å². The van der Waals surface area contributed by atoms with Crippen LogP contribution in [0, 0.1) is 5.92 Å². The Morgan fingerprint density at radius 1 is 1.29 bits per heavy atom. The fraction of sp³-hybridized carbons (Fsp3) is 0.200. The Balaban J connectivity index is 2.28. The molecule has 1 aromatic rings. The Bertz CT molecular complexity index is 670. The van der Waals surface area contributed by atoms with Gasteiger partial charge in [0, 0.05) is 5.71 Å². The van der Waals surface area contributed by atoms with Crippen LogP contribution in [0.4, 0.5) is 0 Å². The molecule has 0 amide bonds. The number of ketones is 1. The second kappa shape index (κ2) is 5.70. The van der Waals surface area contributed by atoms with Crippen LogP contribution in [-0.4, -0.2) is 30.5 Å². The number of esters is 1. The van der Waals surface area contributed by atoms with Gasteiger partial charge in [-0.15, -0.1) is 0 Å². The highest BCUT2D eigenvalue weighted by atomic mass is 16.5. The fourth-order valence-corrected chi connectivity index (χ4v) is 2.02. The molecule has 1 atom stereocenters. The van der Waals surface area contributed by atoms with Crippen LogP contribution in [-0.2, 0) is 14.3 Å². The highest BCUT2D eigenvalue weighted by Gasteiger charge is 2.37. The Morgan fingerprint density at radius 3 is 2.43 bits per heavy atom. The number of carboxylic acids is 1. The van der Waals surface area contributed by atoms with E-state index in [1.165, 1.54) is 37.5 Å². The molecule has 0 aromatic heterocycles. The van der Waals surface area contributed by atoms with E-state index in [2.05, 4.69) is 9.73 Å². The van der Waals surface area contributed by atoms with Crippen LogP contribution in [0.2, 0.25) is 0 Å². The monoisotopic (exact) mass is 286 g/mol. The standard InChI is InChI=1S/C15H13NO5/c1-8-12(15(20)21-2)13(17)11(16-8)7-9-3-5-10(6-4-9)14(18)19/h3-7,12H,1-2H3,(H,18,19)/p-1/b11-7+. The molecule has 0 radical (unpaired) electrons. The van der Waals surface area contributed by atoms with Gasteiger partial charge in [0.25, 0.3) is 0 Å². The van der Waals surface area contributed by atoms with Gasteiger partial charge in [-0.25, -0.2) is 0 Å². The number of carbonyl (C=O) groups excluding carboxylic acids is 3. The van der Waals surface area contributed by atoms with Crippen LogP contribution in [0.15, 0.2) is 35.0 Å². The van der Waals surface area contributed by atoms with Crippen molar-refractivity contribution in [3.63, 3.8) is 0 Å². The van der Waals surface area contributed by atoms with Crippen molar-refractivity contribution in [1.29, 1.82) is 0 Å². The number of rotatable bonds is 3. The predicted molar refractivity (Wildman–Crippen MR) is 72.4 cm³/mol. The minimum absolute atomic E-state index is 0.0435. The first kappa shape index (κ1) is 14.6. The first-order chi connectivity index (χ1) is 9.93. The van der Waals surface area contributed by atoms with E-state index in [4.69, 9.17) is 0 Å². The van der Waals surface area contributed by atoms with Crippen molar-refractivity contribution in [3.05, 3.63) is 41.1 Å². The summed E-state index contributed by atoms with van der Waals surface area (Å²) in [6, 6.07) is 5.80. The summed E-state index contributed by atoms with van der Waals surface area (Å²) in [5.41, 5.74) is 1.17. The van der Waals surface area contributed by atoms with Crippen LogP contribution in [0.3, 0.4) is 0 Å². The van der Waals surface area contributed by atoms with Crippen LogP contribution in [0.1, 0.15) is 22.8 Å². The summed E-state index contributed by atoms with van der Waals surface area (Å²) in [6.07, 6.45) is 1.49. The van der Waals surface area contributed by atoms with Gasteiger partial charge in [-0.2, -0.15) is 0 Å². The zero-order valence-electron chi connectivity index (χ0n) is 11.5. The molecule has 1 aromatic carbocycles. The molecular weight excluding hydrogens is 274 g/mol. The molecule has 6 nitrogen and oxygen atoms in total. The average molecular weight is 286 g/mol. The largest absolute Gasteiger partial charge is 0.545 e. The first-order valence-corrected chi connectivity index (χ1v) is 6.14. The molecule has 0 aliphatic carbocycles. The molecule has 0 fully saturated rings. The van der Waals surface area contributed by atoms with E-state index in [1.807, 2.05) is 0 Å². The summed E-state index contributed by atoms with van der Waals surface area (Å²) in [6.45, 7) is 1.58. The normalized spacial score (nSPS) is 19.5. The molecule has 21 heavy (non-hydrogen) atoms. The third-order valence-electron chi connectivity index (χ3n) is 3.12. The Morgan fingerprint density at radius 2 is 1.90 bits per heavy atom. The van der Waals surface area contributed by atoms with E-state index in [0.29, 0.717) is 11.3 Å². The number of benzene rings is 1. The van der Waals surface area contributed by atoms with Crippen molar-refractivity contribution >= 4 is 29.5 Å². The second-order valence-electron chi connectivity index (χ2n) is 4.51. The summed E-state index contributed by atoms with van der Waals surface area (Å²) < 4.78 is 4.58. The van der Waals surface area contributed by atoms with Crippen molar-refractivity contribution in [1.82, 2.24) is 0 Å². The average Bonchev–Trinajstić information content (AvgIpc) is 2.73. The lowest BCUT2D eigenvalue weighted by Gasteiger charge is -2.05. The molecule has 2 rings (SSSR count). The molecule has 0 saturated heterocycles. The third-order valence-corrected chi connectivity index (χ3v) is 3.12. The summed E-state index contributed by atoms with van der Waals surface area (Å²) >= 11 is 0. The molecular formula is C15H12NO5-. The molecule has 0 bridgehead atoms. The molecule has 6 heteroatoms. The summed E-state index contributed by atoms with van der Waals surface area (Å²) in [5.74, 6) is -3.34. The number of ether oxygens (including phenoxy) is 1. The third kappa shape index (κ3) is 2.89. The number of carbonyl (C=O) groups is 3. The number of aliphatic imine (C=N–C) groups is 1. The number of carboxylic acid groups (broad SMARTS) is 1. The summed E-state index contributed by atoms with van der Waals surface area (Å²) in [7, 11) is 1.21. The van der Waals surface area contributed by atoms with Crippen molar-refractivity contribution < 1.29 is 24.2 Å². The first-order valence-electron chi connectivity index (χ1n) is 6.14. The van der Waals surface area contributed by atoms with Crippen molar-refractivity contribution in [2.24, 2.45) is 10.9 Å². The second-order valence-corrected chi connectivity index (χ2v) is 4.51. The highest BCUT2D eigenvalue weighted by Crippen LogP contribution is 2.23. The lowest BCUT2D eigenvalue weighted by Crippen LogP contribution is -2.27. The molecule has 0 saturated carbocycles. The van der Waals surface area contributed by atoms with E-state index in [9.17, 15) is 19.5 Å². The molecule has 1 aliphatic rings. The lowest BCUT2D eigenvalue weighted by molar-refractivity contribution is -0.255. The Kier molecular flexibility index (Phi) is 3.98. The molecule has 1 aliphatic heterocycles. The Hall–Kier alpha value is -2.76. The molecule has 108 valence electrons. The number of nitrogens with zero attached hydrogens (tertiary/aromatic N) is 1. The molecule has 0 N–H and O–H groups in total. The lowest BCUT2D eigenvalue weighted by atomic mass is 10.00. The smallest absolute Gasteiger partial charge is 0.322 e.